The second kappa shape index (κ2) is 6.55. The van der Waals surface area contributed by atoms with Gasteiger partial charge in [-0.05, 0) is 42.7 Å². The number of anilines is 2. The molecule has 6 heteroatoms. The normalized spacial score (nSPS) is 15.8. The summed E-state index contributed by atoms with van der Waals surface area (Å²) in [7, 11) is 0. The molecule has 26 heavy (non-hydrogen) atoms. The molecule has 0 radical (unpaired) electrons. The lowest BCUT2D eigenvalue weighted by Crippen LogP contribution is -2.32. The number of nitrogens with two attached hydrogens (primary N) is 1. The SMILES string of the molecule is Cc1ccc2c(c1)CC(C(=O)Nc1ccc(-c3cnoc3N)cc1)CO2. The first-order valence-corrected chi connectivity index (χ1v) is 8.44. The van der Waals surface area contributed by atoms with Gasteiger partial charge in [-0.15, -0.1) is 0 Å². The topological polar surface area (TPSA) is 90.4 Å². The Morgan fingerprint density at radius 1 is 1.23 bits per heavy atom. The van der Waals surface area contributed by atoms with E-state index in [2.05, 4.69) is 16.5 Å². The fourth-order valence-electron chi connectivity index (χ4n) is 3.13. The van der Waals surface area contributed by atoms with Crippen molar-refractivity contribution < 1.29 is 14.1 Å². The van der Waals surface area contributed by atoms with Crippen molar-refractivity contribution in [1.29, 1.82) is 0 Å². The number of hydrogen-bond acceptors (Lipinski definition) is 5. The second-order valence-corrected chi connectivity index (χ2v) is 6.49. The minimum absolute atomic E-state index is 0.0469. The van der Waals surface area contributed by atoms with E-state index in [0.717, 1.165) is 33.7 Å². The lowest BCUT2D eigenvalue weighted by molar-refractivity contribution is -0.121. The standard InChI is InChI=1S/C20H19N3O3/c1-12-2-7-18-14(8-12)9-15(11-25-18)20(24)23-16-5-3-13(4-6-16)17-10-22-26-19(17)21/h2-8,10,15H,9,11,21H2,1H3,(H,23,24). The number of hydrogen-bond donors (Lipinski definition) is 2. The molecule has 1 amide bonds. The Bertz CT molecular complexity index is 947. The molecule has 2 heterocycles. The number of carbonyl (C=O) groups excluding carboxylic acids is 1. The number of fused-ring (bicyclic) bond motifs is 1. The molecule has 1 aromatic heterocycles. The monoisotopic (exact) mass is 349 g/mol. The first kappa shape index (κ1) is 16.2. The van der Waals surface area contributed by atoms with Crippen LogP contribution in [0.2, 0.25) is 0 Å². The molecular weight excluding hydrogens is 330 g/mol. The zero-order valence-electron chi connectivity index (χ0n) is 14.4. The Labute approximate surface area is 150 Å². The molecule has 0 fully saturated rings. The molecule has 0 saturated heterocycles. The molecule has 1 aliphatic heterocycles. The molecule has 1 unspecified atom stereocenters. The number of nitrogens with zero attached hydrogens (tertiary/aromatic N) is 1. The summed E-state index contributed by atoms with van der Waals surface area (Å²) in [5.41, 5.74) is 10.3. The van der Waals surface area contributed by atoms with E-state index < -0.39 is 0 Å². The van der Waals surface area contributed by atoms with Crippen LogP contribution in [0.4, 0.5) is 11.6 Å². The predicted octanol–water partition coefficient (Wildman–Crippen LogP) is 3.42. The molecule has 6 nitrogen and oxygen atoms in total. The fraction of sp³-hybridized carbons (Fsp3) is 0.200. The molecule has 0 spiro atoms. The molecule has 0 saturated carbocycles. The van der Waals surface area contributed by atoms with Crippen LogP contribution in [-0.4, -0.2) is 17.7 Å². The van der Waals surface area contributed by atoms with Gasteiger partial charge in [0.1, 0.15) is 12.4 Å². The van der Waals surface area contributed by atoms with Crippen LogP contribution in [0.25, 0.3) is 11.1 Å². The highest BCUT2D eigenvalue weighted by molar-refractivity contribution is 5.93. The Kier molecular flexibility index (Phi) is 4.08. The largest absolute Gasteiger partial charge is 0.492 e. The third kappa shape index (κ3) is 3.13. The molecule has 3 N–H and O–H groups in total. The number of aryl methyl sites for hydroxylation is 1. The molecule has 2 aromatic carbocycles. The highest BCUT2D eigenvalue weighted by Gasteiger charge is 2.26. The molecule has 1 atom stereocenters. The molecule has 3 aromatic rings. The van der Waals surface area contributed by atoms with Gasteiger partial charge in [0.2, 0.25) is 11.8 Å². The average Bonchev–Trinajstić information content (AvgIpc) is 3.07. The van der Waals surface area contributed by atoms with Crippen molar-refractivity contribution in [3.63, 3.8) is 0 Å². The van der Waals surface area contributed by atoms with Crippen molar-refractivity contribution in [2.24, 2.45) is 5.92 Å². The van der Waals surface area contributed by atoms with Gasteiger partial charge in [0.15, 0.2) is 0 Å². The van der Waals surface area contributed by atoms with E-state index in [1.54, 1.807) is 6.20 Å². The smallest absolute Gasteiger partial charge is 0.231 e. The molecule has 0 bridgehead atoms. The van der Waals surface area contributed by atoms with Crippen LogP contribution in [0.15, 0.2) is 53.2 Å². The van der Waals surface area contributed by atoms with Crippen LogP contribution in [0, 0.1) is 12.8 Å². The third-order valence-corrected chi connectivity index (χ3v) is 4.55. The fourth-order valence-corrected chi connectivity index (χ4v) is 3.13. The van der Waals surface area contributed by atoms with Crippen molar-refractivity contribution in [2.45, 2.75) is 13.3 Å². The summed E-state index contributed by atoms with van der Waals surface area (Å²) < 4.78 is 10.6. The van der Waals surface area contributed by atoms with Crippen molar-refractivity contribution in [1.82, 2.24) is 5.16 Å². The van der Waals surface area contributed by atoms with Crippen LogP contribution in [0.3, 0.4) is 0 Å². The lowest BCUT2D eigenvalue weighted by Gasteiger charge is -2.25. The van der Waals surface area contributed by atoms with E-state index in [-0.39, 0.29) is 17.7 Å². The Morgan fingerprint density at radius 2 is 2.04 bits per heavy atom. The number of aromatic nitrogens is 1. The summed E-state index contributed by atoms with van der Waals surface area (Å²) >= 11 is 0. The van der Waals surface area contributed by atoms with Gasteiger partial charge in [0, 0.05) is 5.69 Å². The van der Waals surface area contributed by atoms with Gasteiger partial charge in [0.05, 0.1) is 17.7 Å². The highest BCUT2D eigenvalue weighted by atomic mass is 16.5. The van der Waals surface area contributed by atoms with E-state index in [1.807, 2.05) is 43.3 Å². The molecular formula is C20H19N3O3. The van der Waals surface area contributed by atoms with Gasteiger partial charge in [-0.1, -0.05) is 35.0 Å². The van der Waals surface area contributed by atoms with E-state index in [0.29, 0.717) is 13.0 Å². The number of nitrogens with one attached hydrogen (secondary N) is 1. The maximum absolute atomic E-state index is 12.6. The van der Waals surface area contributed by atoms with Crippen LogP contribution in [-0.2, 0) is 11.2 Å². The maximum Gasteiger partial charge on any atom is 0.231 e. The van der Waals surface area contributed by atoms with Crippen LogP contribution >= 0.6 is 0 Å². The zero-order chi connectivity index (χ0) is 18.1. The summed E-state index contributed by atoms with van der Waals surface area (Å²) in [6, 6.07) is 13.5. The van der Waals surface area contributed by atoms with Gasteiger partial charge in [-0.2, -0.15) is 0 Å². The van der Waals surface area contributed by atoms with E-state index in [9.17, 15) is 4.79 Å². The van der Waals surface area contributed by atoms with Crippen LogP contribution < -0.4 is 15.8 Å². The number of ether oxygens (including phenoxy) is 1. The Balaban J connectivity index is 1.44. The summed E-state index contributed by atoms with van der Waals surface area (Å²) in [5, 5.41) is 6.63. The first-order chi connectivity index (χ1) is 12.6. The summed E-state index contributed by atoms with van der Waals surface area (Å²) in [6.07, 6.45) is 2.25. The Morgan fingerprint density at radius 3 is 2.77 bits per heavy atom. The average molecular weight is 349 g/mol. The van der Waals surface area contributed by atoms with Crippen molar-refractivity contribution in [3.8, 4) is 16.9 Å². The molecule has 4 rings (SSSR count). The number of amides is 1. The quantitative estimate of drug-likeness (QED) is 0.756. The number of nitrogen functional groups attached to an aromatic ring is 1. The maximum atomic E-state index is 12.6. The summed E-state index contributed by atoms with van der Waals surface area (Å²) in [5.74, 6) is 0.887. The number of benzene rings is 2. The number of carbonyl (C=O) groups is 1. The highest BCUT2D eigenvalue weighted by Crippen LogP contribution is 2.29. The number of rotatable bonds is 3. The summed E-state index contributed by atoms with van der Waals surface area (Å²) in [4.78, 5) is 12.6. The Hall–Kier alpha value is -3.28. The molecule has 132 valence electrons. The minimum Gasteiger partial charge on any atom is -0.492 e. The van der Waals surface area contributed by atoms with Crippen molar-refractivity contribution in [2.75, 3.05) is 17.7 Å². The van der Waals surface area contributed by atoms with Crippen LogP contribution in [0.1, 0.15) is 11.1 Å². The van der Waals surface area contributed by atoms with Gasteiger partial charge < -0.3 is 20.3 Å². The van der Waals surface area contributed by atoms with Crippen molar-refractivity contribution >= 4 is 17.5 Å². The van der Waals surface area contributed by atoms with Gasteiger partial charge in [0.25, 0.3) is 0 Å². The van der Waals surface area contributed by atoms with E-state index >= 15 is 0 Å². The third-order valence-electron chi connectivity index (χ3n) is 4.55. The first-order valence-electron chi connectivity index (χ1n) is 8.44. The van der Waals surface area contributed by atoms with E-state index in [1.165, 1.54) is 0 Å². The zero-order valence-corrected chi connectivity index (χ0v) is 14.4. The van der Waals surface area contributed by atoms with Gasteiger partial charge in [-0.25, -0.2) is 0 Å². The molecule has 0 aliphatic carbocycles. The van der Waals surface area contributed by atoms with Gasteiger partial charge in [-0.3, -0.25) is 4.79 Å². The molecule has 1 aliphatic rings. The minimum atomic E-state index is -0.210. The second-order valence-electron chi connectivity index (χ2n) is 6.49. The predicted molar refractivity (Wildman–Crippen MR) is 98.8 cm³/mol. The van der Waals surface area contributed by atoms with E-state index in [4.69, 9.17) is 15.0 Å². The van der Waals surface area contributed by atoms with Gasteiger partial charge >= 0.3 is 0 Å². The van der Waals surface area contributed by atoms with Crippen LogP contribution in [0.5, 0.6) is 5.75 Å². The lowest BCUT2D eigenvalue weighted by atomic mass is 9.94. The van der Waals surface area contributed by atoms with Crippen molar-refractivity contribution in [3.05, 3.63) is 59.8 Å². The summed E-state index contributed by atoms with van der Waals surface area (Å²) in [6.45, 7) is 2.42.